The van der Waals surface area contributed by atoms with Gasteiger partial charge in [0.05, 0.1) is 4.90 Å². The van der Waals surface area contributed by atoms with Crippen LogP contribution in [-0.4, -0.2) is 75.9 Å². The van der Waals surface area contributed by atoms with E-state index in [9.17, 15) is 12.8 Å². The van der Waals surface area contributed by atoms with Crippen LogP contribution in [0.5, 0.6) is 0 Å². The van der Waals surface area contributed by atoms with E-state index in [1.165, 1.54) is 22.5 Å². The fraction of sp³-hybridized carbons (Fsp3) is 0.625. The number of aryl methyl sites for hydroxylation is 1. The third-order valence-electron chi connectivity index (χ3n) is 4.18. The van der Waals surface area contributed by atoms with Crippen molar-refractivity contribution >= 4 is 10.0 Å². The molecule has 0 atom stereocenters. The molecule has 0 bridgehead atoms. The number of halogens is 1. The molecule has 1 saturated heterocycles. The summed E-state index contributed by atoms with van der Waals surface area (Å²) in [4.78, 5) is 4.63. The molecule has 1 heterocycles. The second-order valence-electron chi connectivity index (χ2n) is 6.31. The van der Waals surface area contributed by atoms with Crippen LogP contribution in [0.15, 0.2) is 23.1 Å². The van der Waals surface area contributed by atoms with Gasteiger partial charge in [-0.2, -0.15) is 4.31 Å². The summed E-state index contributed by atoms with van der Waals surface area (Å²) < 4.78 is 40.1. The van der Waals surface area contributed by atoms with Crippen molar-refractivity contribution in [2.75, 3.05) is 53.4 Å². The van der Waals surface area contributed by atoms with Crippen molar-refractivity contribution in [2.24, 2.45) is 0 Å². The molecule has 0 radical (unpaired) electrons. The molecule has 0 amide bonds. The van der Waals surface area contributed by atoms with E-state index < -0.39 is 10.0 Å². The van der Waals surface area contributed by atoms with Gasteiger partial charge in [0.2, 0.25) is 10.0 Å². The summed E-state index contributed by atoms with van der Waals surface area (Å²) in [6.07, 6.45) is 1.08. The number of hydrogen-bond acceptors (Lipinski definition) is 4. The van der Waals surface area contributed by atoms with Crippen molar-refractivity contribution in [3.05, 3.63) is 29.6 Å². The largest absolute Gasteiger partial charge is 0.309 e. The van der Waals surface area contributed by atoms with Gasteiger partial charge in [-0.3, -0.25) is 0 Å². The lowest BCUT2D eigenvalue weighted by molar-refractivity contribution is 0.181. The maximum absolute atomic E-state index is 13.3. The standard InChI is InChI=1S/C16H26FN3O2S/c1-14-13-15(5-6-16(14)17)23(21,22)20-11-9-19(10-12-20)8-4-7-18(2)3/h5-6,13H,4,7-12H2,1-3H3. The Labute approximate surface area is 138 Å². The first-order valence-electron chi connectivity index (χ1n) is 7.94. The predicted octanol–water partition coefficient (Wildman–Crippen LogP) is 1.39. The summed E-state index contributed by atoms with van der Waals surface area (Å²) >= 11 is 0. The molecule has 0 aliphatic carbocycles. The van der Waals surface area contributed by atoms with Crippen LogP contribution >= 0.6 is 0 Å². The SMILES string of the molecule is Cc1cc(S(=O)(=O)N2CCN(CCCN(C)C)CC2)ccc1F. The number of benzene rings is 1. The summed E-state index contributed by atoms with van der Waals surface area (Å²) in [5.41, 5.74) is 0.355. The Morgan fingerprint density at radius 2 is 1.83 bits per heavy atom. The van der Waals surface area contributed by atoms with Gasteiger partial charge in [0, 0.05) is 26.2 Å². The molecule has 1 aliphatic rings. The molecule has 0 N–H and O–H groups in total. The topological polar surface area (TPSA) is 43.9 Å². The van der Waals surface area contributed by atoms with Crippen LogP contribution in [0.4, 0.5) is 4.39 Å². The highest BCUT2D eigenvalue weighted by Crippen LogP contribution is 2.20. The van der Waals surface area contributed by atoms with Gasteiger partial charge in [-0.25, -0.2) is 12.8 Å². The molecule has 23 heavy (non-hydrogen) atoms. The molecule has 0 spiro atoms. The molecule has 1 aliphatic heterocycles. The van der Waals surface area contributed by atoms with E-state index in [2.05, 4.69) is 23.9 Å². The van der Waals surface area contributed by atoms with Crippen LogP contribution < -0.4 is 0 Å². The first kappa shape index (κ1) is 18.3. The lowest BCUT2D eigenvalue weighted by Crippen LogP contribution is -2.48. The van der Waals surface area contributed by atoms with E-state index in [0.29, 0.717) is 18.7 Å². The van der Waals surface area contributed by atoms with Gasteiger partial charge < -0.3 is 9.80 Å². The number of sulfonamides is 1. The van der Waals surface area contributed by atoms with E-state index in [1.807, 2.05) is 0 Å². The smallest absolute Gasteiger partial charge is 0.243 e. The summed E-state index contributed by atoms with van der Waals surface area (Å²) in [6, 6.07) is 3.98. The molecule has 1 fully saturated rings. The molecule has 130 valence electrons. The molecule has 0 unspecified atom stereocenters. The highest BCUT2D eigenvalue weighted by molar-refractivity contribution is 7.89. The van der Waals surface area contributed by atoms with Gasteiger partial charge in [0.15, 0.2) is 0 Å². The zero-order valence-electron chi connectivity index (χ0n) is 14.1. The predicted molar refractivity (Wildman–Crippen MR) is 89.5 cm³/mol. The average Bonchev–Trinajstić information content (AvgIpc) is 2.50. The highest BCUT2D eigenvalue weighted by atomic mass is 32.2. The number of rotatable bonds is 6. The van der Waals surface area contributed by atoms with Crippen molar-refractivity contribution in [1.82, 2.24) is 14.1 Å². The van der Waals surface area contributed by atoms with Gasteiger partial charge in [0.25, 0.3) is 0 Å². The second-order valence-corrected chi connectivity index (χ2v) is 8.25. The van der Waals surface area contributed by atoms with Crippen LogP contribution in [0.2, 0.25) is 0 Å². The minimum absolute atomic E-state index is 0.178. The monoisotopic (exact) mass is 343 g/mol. The van der Waals surface area contributed by atoms with E-state index in [0.717, 1.165) is 32.6 Å². The molecule has 1 aromatic rings. The number of nitrogens with zero attached hydrogens (tertiary/aromatic N) is 3. The molecule has 7 heteroatoms. The van der Waals surface area contributed by atoms with Gasteiger partial charge in [-0.05, 0) is 64.3 Å². The third kappa shape index (κ3) is 4.73. The first-order valence-corrected chi connectivity index (χ1v) is 9.38. The van der Waals surface area contributed by atoms with Crippen LogP contribution in [0.1, 0.15) is 12.0 Å². The Balaban J connectivity index is 1.94. The summed E-state index contributed by atoms with van der Waals surface area (Å²) in [5, 5.41) is 0. The van der Waals surface area contributed by atoms with Crippen LogP contribution in [-0.2, 0) is 10.0 Å². The fourth-order valence-corrected chi connectivity index (χ4v) is 4.24. The maximum Gasteiger partial charge on any atom is 0.243 e. The van der Waals surface area contributed by atoms with E-state index >= 15 is 0 Å². The third-order valence-corrected chi connectivity index (χ3v) is 6.07. The van der Waals surface area contributed by atoms with Crippen molar-refractivity contribution in [3.8, 4) is 0 Å². The zero-order chi connectivity index (χ0) is 17.0. The molecule has 5 nitrogen and oxygen atoms in total. The van der Waals surface area contributed by atoms with E-state index in [1.54, 1.807) is 6.92 Å². The van der Waals surface area contributed by atoms with Crippen LogP contribution in [0.3, 0.4) is 0 Å². The Morgan fingerprint density at radius 1 is 1.17 bits per heavy atom. The van der Waals surface area contributed by atoms with Gasteiger partial charge >= 0.3 is 0 Å². The summed E-state index contributed by atoms with van der Waals surface area (Å²) in [7, 11) is 0.575. The molecule has 0 saturated carbocycles. The van der Waals surface area contributed by atoms with Gasteiger partial charge in [-0.15, -0.1) is 0 Å². The highest BCUT2D eigenvalue weighted by Gasteiger charge is 2.28. The molecule has 1 aromatic carbocycles. The van der Waals surface area contributed by atoms with Crippen molar-refractivity contribution in [1.29, 1.82) is 0 Å². The van der Waals surface area contributed by atoms with Crippen LogP contribution in [0.25, 0.3) is 0 Å². The lowest BCUT2D eigenvalue weighted by atomic mass is 10.2. The normalized spacial score (nSPS) is 17.8. The second kappa shape index (κ2) is 7.70. The Bertz CT molecular complexity index is 626. The quantitative estimate of drug-likeness (QED) is 0.783. The van der Waals surface area contributed by atoms with Crippen molar-refractivity contribution < 1.29 is 12.8 Å². The zero-order valence-corrected chi connectivity index (χ0v) is 14.9. The average molecular weight is 343 g/mol. The molecule has 0 aromatic heterocycles. The van der Waals surface area contributed by atoms with Crippen molar-refractivity contribution in [2.45, 2.75) is 18.2 Å². The van der Waals surface area contributed by atoms with E-state index in [4.69, 9.17) is 0 Å². The molecular formula is C16H26FN3O2S. The van der Waals surface area contributed by atoms with Crippen LogP contribution in [0, 0.1) is 12.7 Å². The van der Waals surface area contributed by atoms with E-state index in [-0.39, 0.29) is 10.7 Å². The Hall–Kier alpha value is -1.02. The minimum Gasteiger partial charge on any atom is -0.309 e. The minimum atomic E-state index is -3.53. The summed E-state index contributed by atoms with van der Waals surface area (Å²) in [6.45, 7) is 6.06. The Morgan fingerprint density at radius 3 is 2.39 bits per heavy atom. The molecular weight excluding hydrogens is 317 g/mol. The number of piperazine rings is 1. The fourth-order valence-electron chi connectivity index (χ4n) is 2.73. The number of hydrogen-bond donors (Lipinski definition) is 0. The van der Waals surface area contributed by atoms with Gasteiger partial charge in [-0.1, -0.05) is 0 Å². The summed E-state index contributed by atoms with van der Waals surface area (Å²) in [5.74, 6) is -0.380. The Kier molecular flexibility index (Phi) is 6.13. The first-order chi connectivity index (χ1) is 10.8. The lowest BCUT2D eigenvalue weighted by Gasteiger charge is -2.34. The molecule has 2 rings (SSSR count). The van der Waals surface area contributed by atoms with Crippen molar-refractivity contribution in [3.63, 3.8) is 0 Å². The van der Waals surface area contributed by atoms with Gasteiger partial charge in [0.1, 0.15) is 5.82 Å². The maximum atomic E-state index is 13.3.